The average Bonchev–Trinajstić information content (AvgIpc) is 3.89. The summed E-state index contributed by atoms with van der Waals surface area (Å²) in [5.41, 5.74) is 19.1. The molecule has 0 saturated heterocycles. The smallest absolute Gasteiger partial charge is 0.159 e. The predicted molar refractivity (Wildman–Crippen MR) is 271 cm³/mol. The number of anilines is 3. The molecule has 14 rings (SSSR count). The van der Waals surface area contributed by atoms with E-state index in [9.17, 15) is 0 Å². The van der Waals surface area contributed by atoms with Gasteiger partial charge in [0.15, 0.2) is 5.58 Å². The topological polar surface area (TPSA) is 16.4 Å². The summed E-state index contributed by atoms with van der Waals surface area (Å²) in [4.78, 5) is 2.45. The highest BCUT2D eigenvalue weighted by Gasteiger charge is 2.51. The third-order valence-corrected chi connectivity index (χ3v) is 14.3. The van der Waals surface area contributed by atoms with Crippen molar-refractivity contribution in [2.24, 2.45) is 0 Å². The molecule has 12 aromatic rings. The highest BCUT2D eigenvalue weighted by Crippen LogP contribution is 2.65. The van der Waals surface area contributed by atoms with Gasteiger partial charge in [-0.15, -0.1) is 0 Å². The van der Waals surface area contributed by atoms with Crippen LogP contribution in [0, 0.1) is 0 Å². The molecule has 2 heteroatoms. The van der Waals surface area contributed by atoms with Gasteiger partial charge in [-0.1, -0.05) is 206 Å². The lowest BCUT2D eigenvalue weighted by Crippen LogP contribution is -2.30. The molecule has 1 heterocycles. The summed E-state index contributed by atoms with van der Waals surface area (Å²) in [6, 6.07) is 87.4. The van der Waals surface area contributed by atoms with E-state index in [0.29, 0.717) is 0 Å². The first-order valence-corrected chi connectivity index (χ1v) is 22.5. The molecule has 0 saturated carbocycles. The lowest BCUT2D eigenvalue weighted by Gasteiger charge is -2.37. The summed E-state index contributed by atoms with van der Waals surface area (Å²) in [6.45, 7) is 0. The van der Waals surface area contributed by atoms with Crippen molar-refractivity contribution < 1.29 is 4.42 Å². The van der Waals surface area contributed by atoms with E-state index in [1.54, 1.807) is 0 Å². The molecule has 0 aliphatic heterocycles. The van der Waals surface area contributed by atoms with Crippen LogP contribution in [0.1, 0.15) is 22.3 Å². The molecule has 2 aliphatic carbocycles. The van der Waals surface area contributed by atoms with Gasteiger partial charge in [0.1, 0.15) is 5.58 Å². The minimum absolute atomic E-state index is 0.716. The minimum Gasteiger partial charge on any atom is -0.454 e. The van der Waals surface area contributed by atoms with E-state index >= 15 is 0 Å². The van der Waals surface area contributed by atoms with Crippen LogP contribution in [0.15, 0.2) is 241 Å². The maximum atomic E-state index is 6.91. The third-order valence-electron chi connectivity index (χ3n) is 14.3. The largest absolute Gasteiger partial charge is 0.454 e. The third kappa shape index (κ3) is 4.94. The summed E-state index contributed by atoms with van der Waals surface area (Å²) < 4.78 is 6.91. The van der Waals surface area contributed by atoms with Crippen molar-refractivity contribution in [2.75, 3.05) is 4.90 Å². The molecule has 1 atom stereocenters. The van der Waals surface area contributed by atoms with E-state index < -0.39 is 5.41 Å². The van der Waals surface area contributed by atoms with Gasteiger partial charge >= 0.3 is 0 Å². The second kappa shape index (κ2) is 13.8. The number of para-hydroxylation sites is 3. The first-order chi connectivity index (χ1) is 32.3. The van der Waals surface area contributed by atoms with Gasteiger partial charge in [0, 0.05) is 22.0 Å². The molecule has 0 bridgehead atoms. The van der Waals surface area contributed by atoms with Crippen LogP contribution in [0.25, 0.3) is 88.0 Å². The molecule has 65 heavy (non-hydrogen) atoms. The maximum Gasteiger partial charge on any atom is 0.159 e. The summed E-state index contributed by atoms with van der Waals surface area (Å²) in [5, 5.41) is 7.28. The van der Waals surface area contributed by atoms with Crippen molar-refractivity contribution >= 4 is 60.5 Å². The van der Waals surface area contributed by atoms with E-state index in [4.69, 9.17) is 4.42 Å². The normalized spacial score (nSPS) is 14.5. The fraction of sp³-hybridized carbons (Fsp3) is 0.0159. The number of hydrogen-bond acceptors (Lipinski definition) is 2. The Balaban J connectivity index is 1.17. The molecule has 1 aromatic heterocycles. The van der Waals surface area contributed by atoms with Crippen LogP contribution in [0.3, 0.4) is 0 Å². The first-order valence-electron chi connectivity index (χ1n) is 22.5. The summed E-state index contributed by atoms with van der Waals surface area (Å²) in [7, 11) is 0. The zero-order chi connectivity index (χ0) is 42.6. The molecular formula is C63H39NO. The quantitative estimate of drug-likeness (QED) is 0.164. The second-order valence-corrected chi connectivity index (χ2v) is 17.4. The zero-order valence-electron chi connectivity index (χ0n) is 35.4. The molecule has 0 fully saturated rings. The van der Waals surface area contributed by atoms with Gasteiger partial charge in [-0.3, -0.25) is 0 Å². The Kier molecular flexibility index (Phi) is 7.64. The van der Waals surface area contributed by atoms with Crippen LogP contribution in [0.5, 0.6) is 0 Å². The van der Waals surface area contributed by atoms with Gasteiger partial charge in [0.2, 0.25) is 0 Å². The van der Waals surface area contributed by atoms with Gasteiger partial charge in [0.05, 0.1) is 16.8 Å². The number of fused-ring (bicyclic) bond motifs is 20. The van der Waals surface area contributed by atoms with Crippen molar-refractivity contribution in [3.8, 4) is 44.5 Å². The molecule has 0 N–H and O–H groups in total. The first kappa shape index (κ1) is 36.1. The molecule has 2 nitrogen and oxygen atoms in total. The van der Waals surface area contributed by atoms with Gasteiger partial charge < -0.3 is 9.32 Å². The van der Waals surface area contributed by atoms with Gasteiger partial charge in [-0.2, -0.15) is 0 Å². The highest BCUT2D eigenvalue weighted by molar-refractivity contribution is 6.20. The zero-order valence-corrected chi connectivity index (χ0v) is 35.4. The van der Waals surface area contributed by atoms with Crippen molar-refractivity contribution in [3.63, 3.8) is 0 Å². The Morgan fingerprint density at radius 2 is 0.846 bits per heavy atom. The van der Waals surface area contributed by atoms with Gasteiger partial charge in [0.25, 0.3) is 0 Å². The van der Waals surface area contributed by atoms with Crippen molar-refractivity contribution in [1.82, 2.24) is 0 Å². The molecule has 0 radical (unpaired) electrons. The second-order valence-electron chi connectivity index (χ2n) is 17.4. The number of furan rings is 1. The van der Waals surface area contributed by atoms with Crippen LogP contribution >= 0.6 is 0 Å². The van der Waals surface area contributed by atoms with E-state index in [0.717, 1.165) is 50.1 Å². The lowest BCUT2D eigenvalue weighted by molar-refractivity contribution is 0.669. The Bertz CT molecular complexity index is 3910. The molecule has 302 valence electrons. The Hall–Kier alpha value is -8.46. The van der Waals surface area contributed by atoms with Crippen LogP contribution in [0.4, 0.5) is 17.1 Å². The fourth-order valence-corrected chi connectivity index (χ4v) is 11.7. The lowest BCUT2D eigenvalue weighted by atomic mass is 9.64. The van der Waals surface area contributed by atoms with E-state index in [2.05, 4.69) is 241 Å². The summed E-state index contributed by atoms with van der Waals surface area (Å²) in [5.74, 6) is 0. The number of nitrogens with zero attached hydrogens (tertiary/aromatic N) is 1. The average molecular weight is 826 g/mol. The Labute approximate surface area is 376 Å². The molecule has 2 aliphatic rings. The van der Waals surface area contributed by atoms with Crippen molar-refractivity contribution in [1.29, 1.82) is 0 Å². The van der Waals surface area contributed by atoms with Crippen LogP contribution in [-0.2, 0) is 5.41 Å². The van der Waals surface area contributed by atoms with Gasteiger partial charge in [-0.05, 0) is 113 Å². The van der Waals surface area contributed by atoms with Crippen molar-refractivity contribution in [2.45, 2.75) is 5.41 Å². The number of rotatable bonds is 4. The molecule has 11 aromatic carbocycles. The Morgan fingerprint density at radius 3 is 1.62 bits per heavy atom. The monoisotopic (exact) mass is 825 g/mol. The van der Waals surface area contributed by atoms with E-state index in [1.807, 2.05) is 0 Å². The molecule has 1 spiro atoms. The molecular weight excluding hydrogens is 787 g/mol. The van der Waals surface area contributed by atoms with E-state index in [1.165, 1.54) is 77.2 Å². The van der Waals surface area contributed by atoms with Crippen LogP contribution in [0.2, 0.25) is 0 Å². The minimum atomic E-state index is -0.716. The van der Waals surface area contributed by atoms with Crippen LogP contribution < -0.4 is 4.90 Å². The summed E-state index contributed by atoms with van der Waals surface area (Å²) >= 11 is 0. The number of hydrogen-bond donors (Lipinski definition) is 0. The predicted octanol–water partition coefficient (Wildman–Crippen LogP) is 17.0. The van der Waals surface area contributed by atoms with Crippen LogP contribution in [-0.4, -0.2) is 0 Å². The Morgan fingerprint density at radius 1 is 0.323 bits per heavy atom. The highest BCUT2D eigenvalue weighted by atomic mass is 16.3. The van der Waals surface area contributed by atoms with Crippen molar-refractivity contribution in [3.05, 3.63) is 259 Å². The van der Waals surface area contributed by atoms with E-state index in [-0.39, 0.29) is 0 Å². The fourth-order valence-electron chi connectivity index (χ4n) is 11.7. The summed E-state index contributed by atoms with van der Waals surface area (Å²) in [6.07, 6.45) is 0. The van der Waals surface area contributed by atoms with Gasteiger partial charge in [-0.25, -0.2) is 0 Å². The maximum absolute atomic E-state index is 6.91. The standard InChI is InChI=1S/C63H39NO/c1-2-19-40(20-3-1)42-21-12-16-34-57(42)64(58-35-18-31-52-49-27-13-17-36-59(49)65-62(52)58)41-37-38-48-44-23-5-4-22-43(44)47-26-10-14-32-54(47)63(56(48)39-41)55-33-15-11-30-53(55)60-50-28-8-6-24-45(50)46-25-7-9-29-51(46)61(60)63/h1-39H. The molecule has 0 amide bonds. The number of benzene rings is 11. The SMILES string of the molecule is c1ccc(-c2ccccc2N(c2ccc3c(c2)C2(c4ccccc4-c4ccccc4-3)c3ccccc3-c3c2c2ccccc2c2ccccc32)c2cccc3c2oc2ccccc23)cc1. The molecule has 1 unspecified atom stereocenters.